The van der Waals surface area contributed by atoms with Gasteiger partial charge >= 0.3 is 0 Å². The van der Waals surface area contributed by atoms with Gasteiger partial charge < -0.3 is 13.4 Å². The van der Waals surface area contributed by atoms with Crippen molar-refractivity contribution >= 4 is 119 Å². The molecule has 10 aromatic carbocycles. The minimum atomic E-state index is 0.545. The van der Waals surface area contributed by atoms with Crippen molar-refractivity contribution < 1.29 is 8.83 Å². The van der Waals surface area contributed by atoms with Crippen molar-refractivity contribution in [3.05, 3.63) is 194 Å². The van der Waals surface area contributed by atoms with Crippen molar-refractivity contribution in [3.8, 4) is 39.9 Å². The zero-order valence-electron chi connectivity index (χ0n) is 35.0. The molecule has 5 aromatic heterocycles. The number of fused-ring (bicyclic) bond motifs is 15. The van der Waals surface area contributed by atoms with Crippen LogP contribution in [-0.4, -0.2) is 19.5 Å². The lowest BCUT2D eigenvalue weighted by Gasteiger charge is -2.16. The molecule has 0 spiro atoms. The molecule has 7 heteroatoms. The van der Waals surface area contributed by atoms with Gasteiger partial charge in [-0.3, -0.25) is 0 Å². The zero-order valence-corrected chi connectivity index (χ0v) is 35.8. The summed E-state index contributed by atoms with van der Waals surface area (Å²) in [7, 11) is 0. The van der Waals surface area contributed by atoms with Crippen LogP contribution in [0.1, 0.15) is 0 Å². The third kappa shape index (κ3) is 5.20. The highest BCUT2D eigenvalue weighted by Crippen LogP contribution is 2.45. The molecule has 0 saturated heterocycles. The van der Waals surface area contributed by atoms with Gasteiger partial charge in [-0.05, 0) is 94.3 Å². The molecule has 0 aliphatic heterocycles. The second-order valence-electron chi connectivity index (χ2n) is 17.1. The SMILES string of the molecule is c1ccc2cc3c(cc2c1)c1ccccc1n3-c1cc2c(cc1-c1nc(-c3ccc4c(c3)oc3ccccc34)nc(-c3ccc4c(c3)oc3ccccc34)n1)sc1ccc3ccccc3c12. The van der Waals surface area contributed by atoms with Gasteiger partial charge in [-0.2, -0.15) is 0 Å². The highest BCUT2D eigenvalue weighted by molar-refractivity contribution is 7.26. The quantitative estimate of drug-likeness (QED) is 0.176. The fraction of sp³-hybridized carbons (Fsp3) is 0. The lowest BCUT2D eigenvalue weighted by atomic mass is 10.0. The van der Waals surface area contributed by atoms with Crippen LogP contribution < -0.4 is 0 Å². The van der Waals surface area contributed by atoms with Gasteiger partial charge in [0.1, 0.15) is 22.3 Å². The normalized spacial score (nSPS) is 12.2. The summed E-state index contributed by atoms with van der Waals surface area (Å²) in [5, 5.41) is 13.9. The number of thiophene rings is 1. The van der Waals surface area contributed by atoms with E-state index in [1.165, 1.54) is 47.8 Å². The average molecular weight is 861 g/mol. The first-order valence-corrected chi connectivity index (χ1v) is 22.9. The maximum Gasteiger partial charge on any atom is 0.166 e. The van der Waals surface area contributed by atoms with Crippen LogP contribution in [0.5, 0.6) is 0 Å². The zero-order chi connectivity index (χ0) is 43.0. The number of benzene rings is 10. The van der Waals surface area contributed by atoms with Gasteiger partial charge in [-0.15, -0.1) is 11.3 Å². The number of hydrogen-bond donors (Lipinski definition) is 0. The minimum Gasteiger partial charge on any atom is -0.456 e. The molecular weight excluding hydrogens is 829 g/mol. The number of para-hydroxylation sites is 3. The number of hydrogen-bond acceptors (Lipinski definition) is 6. The third-order valence-corrected chi connectivity index (χ3v) is 14.5. The highest BCUT2D eigenvalue weighted by atomic mass is 32.1. The Balaban J connectivity index is 1.06. The molecule has 0 N–H and O–H groups in total. The predicted molar refractivity (Wildman–Crippen MR) is 273 cm³/mol. The monoisotopic (exact) mass is 860 g/mol. The smallest absolute Gasteiger partial charge is 0.166 e. The maximum absolute atomic E-state index is 6.42. The number of nitrogens with zero attached hydrogens (tertiary/aromatic N) is 4. The first-order chi connectivity index (χ1) is 32.7. The molecule has 5 heterocycles. The molecule has 0 aliphatic carbocycles. The molecule has 66 heavy (non-hydrogen) atoms. The highest BCUT2D eigenvalue weighted by Gasteiger charge is 2.23. The van der Waals surface area contributed by atoms with Gasteiger partial charge in [0, 0.05) is 69.2 Å². The summed E-state index contributed by atoms with van der Waals surface area (Å²) in [6.07, 6.45) is 0. The van der Waals surface area contributed by atoms with E-state index >= 15 is 0 Å². The van der Waals surface area contributed by atoms with Gasteiger partial charge in [0.15, 0.2) is 17.5 Å². The summed E-state index contributed by atoms with van der Waals surface area (Å²) in [5.74, 6) is 1.66. The lowest BCUT2D eigenvalue weighted by molar-refractivity contribution is 0.668. The fourth-order valence-corrected chi connectivity index (χ4v) is 11.5. The Labute approximate surface area is 379 Å². The summed E-state index contributed by atoms with van der Waals surface area (Å²) >= 11 is 1.80. The van der Waals surface area contributed by atoms with Crippen molar-refractivity contribution in [2.45, 2.75) is 0 Å². The Kier molecular flexibility index (Phi) is 7.28. The second-order valence-corrected chi connectivity index (χ2v) is 18.2. The van der Waals surface area contributed by atoms with Crippen molar-refractivity contribution in [1.82, 2.24) is 19.5 Å². The van der Waals surface area contributed by atoms with E-state index in [2.05, 4.69) is 162 Å². The van der Waals surface area contributed by atoms with E-state index in [-0.39, 0.29) is 0 Å². The van der Waals surface area contributed by atoms with E-state index in [4.69, 9.17) is 23.8 Å². The summed E-state index contributed by atoms with van der Waals surface area (Å²) in [6, 6.07) is 68.7. The summed E-state index contributed by atoms with van der Waals surface area (Å²) in [5.41, 5.74) is 8.99. The standard InChI is InChI=1S/C59H32N4O2S/c1-2-13-35-28-48-44(27-34(35)12-1)39-15-5-8-18-47(39)63(48)49-31-46-55(66-54-26-23-33-11-3-4-14-38(33)56(46)54)32-45(49)59-61-57(36-21-24-42-40-16-6-9-19-50(40)64-52(42)29-36)60-58(62-59)37-22-25-43-41-17-7-10-20-51(41)65-53(43)30-37/h1-32H. The van der Waals surface area contributed by atoms with Gasteiger partial charge in [-0.25, -0.2) is 15.0 Å². The maximum atomic E-state index is 6.42. The van der Waals surface area contributed by atoms with Crippen LogP contribution in [0.25, 0.3) is 147 Å². The summed E-state index contributed by atoms with van der Waals surface area (Å²) < 4.78 is 17.7. The van der Waals surface area contributed by atoms with Crippen molar-refractivity contribution in [2.75, 3.05) is 0 Å². The first kappa shape index (κ1) is 35.8. The molecule has 0 radical (unpaired) electrons. The molecule has 15 rings (SSSR count). The van der Waals surface area contributed by atoms with Gasteiger partial charge in [0.05, 0.1) is 16.7 Å². The van der Waals surface area contributed by atoms with Crippen molar-refractivity contribution in [1.29, 1.82) is 0 Å². The Morgan fingerprint density at radius 3 is 1.61 bits per heavy atom. The van der Waals surface area contributed by atoms with Crippen LogP contribution in [0, 0.1) is 0 Å². The molecule has 6 nitrogen and oxygen atoms in total. The lowest BCUT2D eigenvalue weighted by Crippen LogP contribution is -2.04. The van der Waals surface area contributed by atoms with Gasteiger partial charge in [-0.1, -0.05) is 121 Å². The average Bonchev–Trinajstić information content (AvgIpc) is 4.13. The largest absolute Gasteiger partial charge is 0.456 e. The van der Waals surface area contributed by atoms with Crippen LogP contribution in [0.2, 0.25) is 0 Å². The van der Waals surface area contributed by atoms with E-state index in [0.717, 1.165) is 82.0 Å². The minimum absolute atomic E-state index is 0.545. The predicted octanol–water partition coefficient (Wildman–Crippen LogP) is 16.4. The molecule has 0 amide bonds. The molecule has 306 valence electrons. The topological polar surface area (TPSA) is 69.9 Å². The van der Waals surface area contributed by atoms with Crippen LogP contribution in [-0.2, 0) is 0 Å². The Morgan fingerprint density at radius 1 is 0.348 bits per heavy atom. The van der Waals surface area contributed by atoms with E-state index in [1.807, 2.05) is 36.4 Å². The van der Waals surface area contributed by atoms with E-state index in [1.54, 1.807) is 11.3 Å². The Hall–Kier alpha value is -8.65. The molecule has 15 aromatic rings. The number of furan rings is 2. The third-order valence-electron chi connectivity index (χ3n) is 13.4. The van der Waals surface area contributed by atoms with Crippen molar-refractivity contribution in [3.63, 3.8) is 0 Å². The molecule has 0 saturated carbocycles. The van der Waals surface area contributed by atoms with Crippen LogP contribution >= 0.6 is 11.3 Å². The Bertz CT molecular complexity index is 4420. The fourth-order valence-electron chi connectivity index (χ4n) is 10.3. The molecule has 0 bridgehead atoms. The van der Waals surface area contributed by atoms with Gasteiger partial charge in [0.25, 0.3) is 0 Å². The van der Waals surface area contributed by atoms with Crippen molar-refractivity contribution in [2.24, 2.45) is 0 Å². The number of rotatable bonds is 4. The molecule has 0 fully saturated rings. The van der Waals surface area contributed by atoms with Crippen LogP contribution in [0.4, 0.5) is 0 Å². The number of aromatic nitrogens is 4. The second kappa shape index (κ2) is 13.4. The summed E-state index contributed by atoms with van der Waals surface area (Å²) in [6.45, 7) is 0. The van der Waals surface area contributed by atoms with E-state index < -0.39 is 0 Å². The van der Waals surface area contributed by atoms with E-state index in [0.29, 0.717) is 17.5 Å². The Morgan fingerprint density at radius 2 is 0.909 bits per heavy atom. The molecule has 0 aliphatic rings. The van der Waals surface area contributed by atoms with Crippen LogP contribution in [0.3, 0.4) is 0 Å². The molecule has 0 atom stereocenters. The van der Waals surface area contributed by atoms with Gasteiger partial charge in [0.2, 0.25) is 0 Å². The molecular formula is C59H32N4O2S. The summed E-state index contributed by atoms with van der Waals surface area (Å²) in [4.78, 5) is 16.2. The molecule has 0 unspecified atom stereocenters. The van der Waals surface area contributed by atoms with E-state index in [9.17, 15) is 0 Å². The first-order valence-electron chi connectivity index (χ1n) is 22.1. The van der Waals surface area contributed by atoms with Crippen LogP contribution in [0.15, 0.2) is 203 Å².